The zero-order valence-electron chi connectivity index (χ0n) is 14.0. The molecule has 0 saturated carbocycles. The molecule has 1 heterocycles. The van der Waals surface area contributed by atoms with Gasteiger partial charge in [-0.3, -0.25) is 14.9 Å². The van der Waals surface area contributed by atoms with Crippen molar-refractivity contribution in [3.63, 3.8) is 0 Å². The standard InChI is InChI=1S/C15H13F3N4O4S/c1-8(27-14-19-6-5-12(21-14)15(16,17)18)13(23)20-10-7-9(22(24)25)3-4-11(10)26-2/h3-8H,1-2H3,(H,20,23)/t8-/m1/s1. The molecule has 0 aliphatic rings. The van der Waals surface area contributed by atoms with Crippen LogP contribution < -0.4 is 10.1 Å². The number of nitro benzene ring substituents is 1. The van der Waals surface area contributed by atoms with Crippen molar-refractivity contribution < 1.29 is 27.6 Å². The number of non-ortho nitro benzene ring substituents is 1. The minimum Gasteiger partial charge on any atom is -0.495 e. The number of alkyl halides is 3. The average molecular weight is 402 g/mol. The van der Waals surface area contributed by atoms with Gasteiger partial charge in [0.05, 0.1) is 23.0 Å². The Kier molecular flexibility index (Phi) is 6.20. The van der Waals surface area contributed by atoms with Crippen molar-refractivity contribution in [3.8, 4) is 5.75 Å². The Bertz CT molecular complexity index is 863. The summed E-state index contributed by atoms with van der Waals surface area (Å²) in [5.74, 6) is -0.415. The Morgan fingerprint density at radius 3 is 2.67 bits per heavy atom. The number of halogens is 3. The fourth-order valence-corrected chi connectivity index (χ4v) is 2.66. The smallest absolute Gasteiger partial charge is 0.433 e. The molecule has 0 saturated heterocycles. The van der Waals surface area contributed by atoms with E-state index < -0.39 is 28.0 Å². The average Bonchev–Trinajstić information content (AvgIpc) is 2.61. The van der Waals surface area contributed by atoms with E-state index in [0.29, 0.717) is 11.8 Å². The molecule has 0 spiro atoms. The van der Waals surface area contributed by atoms with Crippen LogP contribution in [-0.4, -0.2) is 33.2 Å². The maximum absolute atomic E-state index is 12.7. The van der Waals surface area contributed by atoms with Gasteiger partial charge in [0.25, 0.3) is 5.69 Å². The van der Waals surface area contributed by atoms with E-state index in [2.05, 4.69) is 15.3 Å². The molecule has 8 nitrogen and oxygen atoms in total. The summed E-state index contributed by atoms with van der Waals surface area (Å²) < 4.78 is 43.1. The number of benzene rings is 1. The third-order valence-corrected chi connectivity index (χ3v) is 4.20. The predicted octanol–water partition coefficient (Wildman–Crippen LogP) is 3.53. The number of hydrogen-bond donors (Lipinski definition) is 1. The lowest BCUT2D eigenvalue weighted by Crippen LogP contribution is -2.23. The molecule has 1 atom stereocenters. The number of ether oxygens (including phenoxy) is 1. The van der Waals surface area contributed by atoms with E-state index in [0.717, 1.165) is 18.3 Å². The van der Waals surface area contributed by atoms with Crippen molar-refractivity contribution in [2.24, 2.45) is 0 Å². The minimum atomic E-state index is -4.62. The number of thioether (sulfide) groups is 1. The monoisotopic (exact) mass is 402 g/mol. The summed E-state index contributed by atoms with van der Waals surface area (Å²) in [6.45, 7) is 1.44. The van der Waals surface area contributed by atoms with Gasteiger partial charge in [-0.05, 0) is 19.1 Å². The molecule has 2 aromatic rings. The van der Waals surface area contributed by atoms with Crippen LogP contribution in [0, 0.1) is 10.1 Å². The third-order valence-electron chi connectivity index (χ3n) is 3.23. The number of nitrogens with zero attached hydrogens (tertiary/aromatic N) is 3. The van der Waals surface area contributed by atoms with Gasteiger partial charge in [-0.15, -0.1) is 0 Å². The zero-order valence-corrected chi connectivity index (χ0v) is 14.8. The van der Waals surface area contributed by atoms with E-state index in [1.807, 2.05) is 0 Å². The Balaban J connectivity index is 2.15. The van der Waals surface area contributed by atoms with Gasteiger partial charge in [-0.25, -0.2) is 9.97 Å². The molecule has 0 bridgehead atoms. The molecular weight excluding hydrogens is 389 g/mol. The molecule has 27 heavy (non-hydrogen) atoms. The number of aromatic nitrogens is 2. The second-order valence-corrected chi connectivity index (χ2v) is 6.42. The molecule has 0 aliphatic carbocycles. The van der Waals surface area contributed by atoms with Crippen molar-refractivity contribution in [2.45, 2.75) is 23.5 Å². The fraction of sp³-hybridized carbons (Fsp3) is 0.267. The highest BCUT2D eigenvalue weighted by molar-refractivity contribution is 8.00. The summed E-state index contributed by atoms with van der Waals surface area (Å²) >= 11 is 0.716. The summed E-state index contributed by atoms with van der Waals surface area (Å²) in [6, 6.07) is 4.38. The lowest BCUT2D eigenvalue weighted by molar-refractivity contribution is -0.384. The quantitative estimate of drug-likeness (QED) is 0.341. The molecule has 0 radical (unpaired) electrons. The fourth-order valence-electron chi connectivity index (χ4n) is 1.91. The number of carbonyl (C=O) groups is 1. The second kappa shape index (κ2) is 8.20. The Morgan fingerprint density at radius 2 is 2.07 bits per heavy atom. The second-order valence-electron chi connectivity index (χ2n) is 5.11. The Morgan fingerprint density at radius 1 is 1.37 bits per heavy atom. The number of methoxy groups -OCH3 is 1. The highest BCUT2D eigenvalue weighted by Crippen LogP contribution is 2.31. The van der Waals surface area contributed by atoms with E-state index >= 15 is 0 Å². The molecule has 1 amide bonds. The van der Waals surface area contributed by atoms with E-state index in [9.17, 15) is 28.1 Å². The summed E-state index contributed by atoms with van der Waals surface area (Å²) in [4.78, 5) is 29.6. The van der Waals surface area contributed by atoms with Gasteiger partial charge < -0.3 is 10.1 Å². The van der Waals surface area contributed by atoms with Gasteiger partial charge in [0.15, 0.2) is 5.16 Å². The molecule has 2 rings (SSSR count). The van der Waals surface area contributed by atoms with Crippen molar-refractivity contribution in [2.75, 3.05) is 12.4 Å². The number of nitro groups is 1. The largest absolute Gasteiger partial charge is 0.495 e. The van der Waals surface area contributed by atoms with E-state index in [4.69, 9.17) is 4.74 Å². The van der Waals surface area contributed by atoms with E-state index in [-0.39, 0.29) is 22.3 Å². The van der Waals surface area contributed by atoms with Crippen LogP contribution in [0.3, 0.4) is 0 Å². The minimum absolute atomic E-state index is 0.0640. The van der Waals surface area contributed by atoms with Crippen LogP contribution >= 0.6 is 11.8 Å². The molecule has 0 fully saturated rings. The molecule has 12 heteroatoms. The number of anilines is 1. The lowest BCUT2D eigenvalue weighted by atomic mass is 10.2. The first-order valence-corrected chi connectivity index (χ1v) is 8.20. The van der Waals surface area contributed by atoms with Crippen molar-refractivity contribution in [1.82, 2.24) is 9.97 Å². The van der Waals surface area contributed by atoms with Crippen LogP contribution in [-0.2, 0) is 11.0 Å². The van der Waals surface area contributed by atoms with E-state index in [1.54, 1.807) is 0 Å². The van der Waals surface area contributed by atoms with Gasteiger partial charge in [0.2, 0.25) is 5.91 Å². The number of hydrogen-bond acceptors (Lipinski definition) is 7. The molecule has 144 valence electrons. The summed E-state index contributed by atoms with van der Waals surface area (Å²) in [7, 11) is 1.32. The first kappa shape index (κ1) is 20.4. The number of nitrogens with one attached hydrogen (secondary N) is 1. The molecule has 1 aromatic carbocycles. The maximum Gasteiger partial charge on any atom is 0.433 e. The van der Waals surface area contributed by atoms with Crippen LogP contribution in [0.4, 0.5) is 24.5 Å². The molecular formula is C15H13F3N4O4S. The molecule has 0 aliphatic heterocycles. The normalized spacial score (nSPS) is 12.3. The van der Waals surface area contributed by atoms with Crippen LogP contribution in [0.1, 0.15) is 12.6 Å². The molecule has 1 N–H and O–H groups in total. The molecule has 0 unspecified atom stereocenters. The van der Waals surface area contributed by atoms with Gasteiger partial charge in [-0.2, -0.15) is 13.2 Å². The highest BCUT2D eigenvalue weighted by Gasteiger charge is 2.33. The van der Waals surface area contributed by atoms with Gasteiger partial charge in [-0.1, -0.05) is 11.8 Å². The lowest BCUT2D eigenvalue weighted by Gasteiger charge is -2.14. The van der Waals surface area contributed by atoms with Crippen LogP contribution in [0.15, 0.2) is 35.6 Å². The Labute approximate surface area is 155 Å². The molecule has 1 aromatic heterocycles. The Hall–Kier alpha value is -2.89. The zero-order chi connectivity index (χ0) is 20.2. The third kappa shape index (κ3) is 5.29. The number of carbonyl (C=O) groups excluding carboxylic acids is 1. The summed E-state index contributed by atoms with van der Waals surface area (Å²) in [6.07, 6.45) is -3.67. The van der Waals surface area contributed by atoms with Crippen molar-refractivity contribution in [1.29, 1.82) is 0 Å². The summed E-state index contributed by atoms with van der Waals surface area (Å²) in [5, 5.41) is 12.2. The first-order valence-electron chi connectivity index (χ1n) is 7.32. The van der Waals surface area contributed by atoms with Crippen molar-refractivity contribution in [3.05, 3.63) is 46.3 Å². The van der Waals surface area contributed by atoms with Crippen LogP contribution in [0.25, 0.3) is 0 Å². The van der Waals surface area contributed by atoms with Gasteiger partial charge in [0, 0.05) is 18.3 Å². The number of amides is 1. The first-order chi connectivity index (χ1) is 12.6. The van der Waals surface area contributed by atoms with E-state index in [1.165, 1.54) is 26.2 Å². The summed E-state index contributed by atoms with van der Waals surface area (Å²) in [5.41, 5.74) is -1.31. The van der Waals surface area contributed by atoms with Crippen molar-refractivity contribution >= 4 is 29.0 Å². The number of rotatable bonds is 6. The maximum atomic E-state index is 12.7. The van der Waals surface area contributed by atoms with Gasteiger partial charge in [0.1, 0.15) is 11.4 Å². The predicted molar refractivity (Wildman–Crippen MR) is 90.6 cm³/mol. The highest BCUT2D eigenvalue weighted by atomic mass is 32.2. The van der Waals surface area contributed by atoms with Crippen LogP contribution in [0.2, 0.25) is 0 Å². The topological polar surface area (TPSA) is 107 Å². The van der Waals surface area contributed by atoms with Crippen LogP contribution in [0.5, 0.6) is 5.75 Å². The SMILES string of the molecule is COc1ccc([N+](=O)[O-])cc1NC(=O)[C@@H](C)Sc1nccc(C(F)(F)F)n1. The van der Waals surface area contributed by atoms with Gasteiger partial charge >= 0.3 is 6.18 Å².